The molecule has 4 rings (SSSR count). The van der Waals surface area contributed by atoms with Crippen molar-refractivity contribution in [2.45, 2.75) is 19.9 Å². The number of carbonyl (C=O) groups is 1. The molecule has 7 heteroatoms. The first kappa shape index (κ1) is 17.4. The Balaban J connectivity index is 1.47. The van der Waals surface area contributed by atoms with E-state index in [1.807, 2.05) is 53.2 Å². The Morgan fingerprint density at radius 1 is 1.30 bits per heavy atom. The highest BCUT2D eigenvalue weighted by molar-refractivity contribution is 7.15. The van der Waals surface area contributed by atoms with Crippen LogP contribution in [0.4, 0.5) is 0 Å². The second-order valence-corrected chi connectivity index (χ2v) is 6.83. The van der Waals surface area contributed by atoms with Gasteiger partial charge in [0, 0.05) is 22.8 Å². The van der Waals surface area contributed by atoms with Crippen molar-refractivity contribution in [3.8, 4) is 17.0 Å². The lowest BCUT2D eigenvalue weighted by Crippen LogP contribution is -2.24. The van der Waals surface area contributed by atoms with Crippen LogP contribution in [0.25, 0.3) is 16.2 Å². The molecule has 0 aliphatic rings. The summed E-state index contributed by atoms with van der Waals surface area (Å²) in [6, 6.07) is 11.5. The number of hydrogen-bond donors (Lipinski definition) is 1. The topological polar surface area (TPSA) is 68.8 Å². The number of fused-ring (bicyclic) bond motifs is 1. The van der Waals surface area contributed by atoms with Gasteiger partial charge in [-0.25, -0.2) is 4.98 Å². The maximum absolute atomic E-state index is 12.2. The van der Waals surface area contributed by atoms with Crippen LogP contribution in [-0.4, -0.2) is 21.9 Å². The molecule has 0 atom stereocenters. The molecule has 1 N–H and O–H groups in total. The van der Waals surface area contributed by atoms with E-state index < -0.39 is 0 Å². The largest absolute Gasteiger partial charge is 0.494 e. The van der Waals surface area contributed by atoms with Crippen molar-refractivity contribution in [3.05, 3.63) is 65.7 Å². The summed E-state index contributed by atoms with van der Waals surface area (Å²) < 4.78 is 12.7. The molecule has 138 valence electrons. The number of nitrogens with zero attached hydrogens (tertiary/aromatic N) is 2. The van der Waals surface area contributed by atoms with Crippen LogP contribution in [0.5, 0.6) is 5.75 Å². The monoisotopic (exact) mass is 381 g/mol. The van der Waals surface area contributed by atoms with E-state index in [-0.39, 0.29) is 5.91 Å². The van der Waals surface area contributed by atoms with Gasteiger partial charge in [0.25, 0.3) is 0 Å². The zero-order valence-electron chi connectivity index (χ0n) is 14.8. The minimum atomic E-state index is -0.0533. The third-order valence-electron chi connectivity index (χ3n) is 4.13. The summed E-state index contributed by atoms with van der Waals surface area (Å²) in [4.78, 5) is 17.8. The number of aromatic nitrogens is 2. The highest BCUT2D eigenvalue weighted by atomic mass is 32.1. The van der Waals surface area contributed by atoms with Crippen LogP contribution < -0.4 is 10.1 Å². The molecule has 0 aliphatic carbocycles. The minimum Gasteiger partial charge on any atom is -0.494 e. The number of imidazole rings is 1. The summed E-state index contributed by atoms with van der Waals surface area (Å²) >= 11 is 1.53. The Kier molecular flexibility index (Phi) is 4.93. The van der Waals surface area contributed by atoms with Gasteiger partial charge >= 0.3 is 0 Å². The maximum Gasteiger partial charge on any atom is 0.226 e. The number of benzene rings is 1. The lowest BCUT2D eigenvalue weighted by Gasteiger charge is -2.03. The molecule has 27 heavy (non-hydrogen) atoms. The van der Waals surface area contributed by atoms with Crippen molar-refractivity contribution >= 4 is 22.2 Å². The van der Waals surface area contributed by atoms with Crippen molar-refractivity contribution in [3.63, 3.8) is 0 Å². The number of thiazole rings is 1. The van der Waals surface area contributed by atoms with Gasteiger partial charge in [0.1, 0.15) is 11.5 Å². The van der Waals surface area contributed by atoms with E-state index in [0.717, 1.165) is 33.4 Å². The molecule has 0 fully saturated rings. The van der Waals surface area contributed by atoms with Gasteiger partial charge in [0.05, 0.1) is 31.5 Å². The van der Waals surface area contributed by atoms with Gasteiger partial charge in [-0.3, -0.25) is 9.20 Å². The van der Waals surface area contributed by atoms with Crippen LogP contribution in [0.2, 0.25) is 0 Å². The quantitative estimate of drug-likeness (QED) is 0.527. The van der Waals surface area contributed by atoms with Crippen molar-refractivity contribution in [1.82, 2.24) is 14.7 Å². The zero-order chi connectivity index (χ0) is 18.6. The molecule has 0 spiro atoms. The molecule has 3 aromatic heterocycles. The summed E-state index contributed by atoms with van der Waals surface area (Å²) in [5.74, 6) is 1.53. The molecule has 1 amide bonds. The van der Waals surface area contributed by atoms with Crippen molar-refractivity contribution in [1.29, 1.82) is 0 Å². The third kappa shape index (κ3) is 3.88. The number of carbonyl (C=O) groups excluding carboxylic acids is 1. The Hall–Kier alpha value is -3.06. The smallest absolute Gasteiger partial charge is 0.226 e. The molecular weight excluding hydrogens is 362 g/mol. The first-order chi connectivity index (χ1) is 13.2. The molecule has 0 aliphatic heterocycles. The summed E-state index contributed by atoms with van der Waals surface area (Å²) in [6.07, 6.45) is 3.86. The maximum atomic E-state index is 12.2. The van der Waals surface area contributed by atoms with Gasteiger partial charge in [0.15, 0.2) is 4.96 Å². The molecule has 3 heterocycles. The molecule has 6 nitrogen and oxygen atoms in total. The Morgan fingerprint density at radius 2 is 2.15 bits per heavy atom. The average molecular weight is 381 g/mol. The van der Waals surface area contributed by atoms with Crippen LogP contribution in [0.3, 0.4) is 0 Å². The van der Waals surface area contributed by atoms with Gasteiger partial charge in [0.2, 0.25) is 5.91 Å². The molecule has 0 saturated heterocycles. The van der Waals surface area contributed by atoms with E-state index >= 15 is 0 Å². The molecular formula is C20H19N3O3S. The fourth-order valence-electron chi connectivity index (χ4n) is 2.81. The van der Waals surface area contributed by atoms with E-state index in [0.29, 0.717) is 19.6 Å². The number of rotatable bonds is 7. The average Bonchev–Trinajstić information content (AvgIpc) is 3.40. The third-order valence-corrected chi connectivity index (χ3v) is 5.01. The Morgan fingerprint density at radius 3 is 2.89 bits per heavy atom. The Bertz CT molecular complexity index is 1030. The van der Waals surface area contributed by atoms with Crippen LogP contribution in [-0.2, 0) is 17.8 Å². The predicted octanol–water partition coefficient (Wildman–Crippen LogP) is 3.91. The van der Waals surface area contributed by atoms with Gasteiger partial charge < -0.3 is 14.5 Å². The van der Waals surface area contributed by atoms with E-state index in [2.05, 4.69) is 10.3 Å². The molecule has 0 saturated carbocycles. The minimum absolute atomic E-state index is 0.0533. The highest BCUT2D eigenvalue weighted by Gasteiger charge is 2.13. The van der Waals surface area contributed by atoms with Gasteiger partial charge in [-0.1, -0.05) is 0 Å². The fraction of sp³-hybridized carbons (Fsp3) is 0.200. The number of nitrogens with one attached hydrogen (secondary N) is 1. The van der Waals surface area contributed by atoms with Crippen LogP contribution in [0, 0.1) is 0 Å². The predicted molar refractivity (Wildman–Crippen MR) is 104 cm³/mol. The van der Waals surface area contributed by atoms with Crippen LogP contribution in [0.1, 0.15) is 18.4 Å². The lowest BCUT2D eigenvalue weighted by atomic mass is 10.1. The number of ether oxygens (including phenoxy) is 1. The first-order valence-electron chi connectivity index (χ1n) is 8.70. The van der Waals surface area contributed by atoms with Crippen molar-refractivity contribution in [2.75, 3.05) is 6.61 Å². The van der Waals surface area contributed by atoms with Crippen LogP contribution >= 0.6 is 11.3 Å². The Labute approximate surface area is 160 Å². The zero-order valence-corrected chi connectivity index (χ0v) is 15.7. The highest BCUT2D eigenvalue weighted by Crippen LogP contribution is 2.25. The van der Waals surface area contributed by atoms with E-state index in [1.54, 1.807) is 12.3 Å². The second kappa shape index (κ2) is 7.67. The SMILES string of the molecule is CCOc1ccc(-c2cn3c(CC(=O)NCc4ccco4)csc3n2)cc1. The number of hydrogen-bond acceptors (Lipinski definition) is 5. The molecule has 0 bridgehead atoms. The van der Waals surface area contributed by atoms with E-state index in [1.165, 1.54) is 11.3 Å². The summed E-state index contributed by atoms with van der Waals surface area (Å²) in [5, 5.41) is 4.84. The molecule has 0 radical (unpaired) electrons. The van der Waals surface area contributed by atoms with Gasteiger partial charge in [-0.05, 0) is 43.3 Å². The molecule has 4 aromatic rings. The van der Waals surface area contributed by atoms with Gasteiger partial charge in [-0.15, -0.1) is 11.3 Å². The summed E-state index contributed by atoms with van der Waals surface area (Å²) in [5.41, 5.74) is 2.81. The molecule has 0 unspecified atom stereocenters. The summed E-state index contributed by atoms with van der Waals surface area (Å²) in [7, 11) is 0. The number of amides is 1. The normalized spacial score (nSPS) is 11.0. The second-order valence-electron chi connectivity index (χ2n) is 6.00. The first-order valence-corrected chi connectivity index (χ1v) is 9.58. The molecule has 1 aromatic carbocycles. The number of furan rings is 1. The van der Waals surface area contributed by atoms with Crippen LogP contribution in [0.15, 0.2) is 58.7 Å². The fourth-order valence-corrected chi connectivity index (χ4v) is 3.68. The van der Waals surface area contributed by atoms with Crippen molar-refractivity contribution in [2.24, 2.45) is 0 Å². The van der Waals surface area contributed by atoms with E-state index in [9.17, 15) is 4.79 Å². The van der Waals surface area contributed by atoms with Gasteiger partial charge in [-0.2, -0.15) is 0 Å². The summed E-state index contributed by atoms with van der Waals surface area (Å²) in [6.45, 7) is 3.00. The standard InChI is InChI=1S/C20H19N3O3S/c1-2-25-16-7-5-14(6-8-16)18-12-23-15(13-27-20(23)22-18)10-19(24)21-11-17-4-3-9-26-17/h3-9,12-13H,2,10-11H2,1H3,(H,21,24). The lowest BCUT2D eigenvalue weighted by molar-refractivity contribution is -0.120. The van der Waals surface area contributed by atoms with Crippen molar-refractivity contribution < 1.29 is 13.9 Å². The van der Waals surface area contributed by atoms with E-state index in [4.69, 9.17) is 9.15 Å².